The van der Waals surface area contributed by atoms with Gasteiger partial charge in [-0.3, -0.25) is 14.4 Å². The zero-order valence-electron chi connectivity index (χ0n) is 19.8. The summed E-state index contributed by atoms with van der Waals surface area (Å²) < 4.78 is 5.93. The summed E-state index contributed by atoms with van der Waals surface area (Å²) in [5.74, 6) is -2.40. The lowest BCUT2D eigenvalue weighted by Crippen LogP contribution is -2.54. The number of furan rings is 1. The van der Waals surface area contributed by atoms with Crippen molar-refractivity contribution < 1.29 is 23.9 Å². The third-order valence-corrected chi connectivity index (χ3v) is 5.60. The standard InChI is InChI=1S/C27H30N2O5/c1-27(2,3)24(26(33)28-4)29-25(32)20(16-23(30)31)22-15-14-21(34-22)19-12-10-18(11-13-19)17-8-6-5-7-9-17/h5-15,20,24H,16H2,1-4H3,(H,28,33)(H,29,32)(H,30,31)/t20-,24+/m0/s1. The molecule has 0 unspecified atom stereocenters. The van der Waals surface area contributed by atoms with Gasteiger partial charge in [-0.25, -0.2) is 0 Å². The average Bonchev–Trinajstić information content (AvgIpc) is 3.30. The summed E-state index contributed by atoms with van der Waals surface area (Å²) in [4.78, 5) is 36.9. The third-order valence-electron chi connectivity index (χ3n) is 5.60. The SMILES string of the molecule is CNC(=O)[C@@H](NC(=O)[C@@H](CC(=O)O)c1ccc(-c2ccc(-c3ccccc3)cc2)o1)C(C)(C)C. The van der Waals surface area contributed by atoms with Crippen LogP contribution in [0, 0.1) is 5.41 Å². The lowest BCUT2D eigenvalue weighted by atomic mass is 9.85. The highest BCUT2D eigenvalue weighted by Crippen LogP contribution is 2.31. The van der Waals surface area contributed by atoms with Gasteiger partial charge in [-0.2, -0.15) is 0 Å². The quantitative estimate of drug-likeness (QED) is 0.458. The van der Waals surface area contributed by atoms with E-state index in [0.29, 0.717) is 5.76 Å². The van der Waals surface area contributed by atoms with Crippen molar-refractivity contribution in [3.8, 4) is 22.5 Å². The van der Waals surface area contributed by atoms with Crippen LogP contribution in [0.5, 0.6) is 0 Å². The van der Waals surface area contributed by atoms with E-state index in [1.807, 2.05) is 75.4 Å². The molecule has 178 valence electrons. The van der Waals surface area contributed by atoms with Crippen molar-refractivity contribution in [2.45, 2.75) is 39.2 Å². The van der Waals surface area contributed by atoms with E-state index in [-0.39, 0.29) is 11.7 Å². The second kappa shape index (κ2) is 10.4. The zero-order chi connectivity index (χ0) is 24.9. The van der Waals surface area contributed by atoms with Crippen LogP contribution < -0.4 is 10.6 Å². The minimum Gasteiger partial charge on any atom is -0.481 e. The molecular formula is C27H30N2O5. The van der Waals surface area contributed by atoms with Gasteiger partial charge in [0.05, 0.1) is 6.42 Å². The number of hydrogen-bond acceptors (Lipinski definition) is 4. The highest BCUT2D eigenvalue weighted by atomic mass is 16.4. The molecule has 2 aromatic carbocycles. The zero-order valence-corrected chi connectivity index (χ0v) is 19.8. The molecule has 2 amide bonds. The second-order valence-corrected chi connectivity index (χ2v) is 9.22. The normalized spacial score (nSPS) is 13.1. The van der Waals surface area contributed by atoms with E-state index in [4.69, 9.17) is 4.42 Å². The maximum atomic E-state index is 13.1. The highest BCUT2D eigenvalue weighted by Gasteiger charge is 2.36. The van der Waals surface area contributed by atoms with Crippen LogP contribution in [0.25, 0.3) is 22.5 Å². The Morgan fingerprint density at radius 1 is 0.853 bits per heavy atom. The number of nitrogens with one attached hydrogen (secondary N) is 2. The average molecular weight is 463 g/mol. The van der Waals surface area contributed by atoms with Crippen LogP contribution in [0.2, 0.25) is 0 Å². The number of aliphatic carboxylic acids is 1. The van der Waals surface area contributed by atoms with Crippen LogP contribution in [0.1, 0.15) is 38.9 Å². The van der Waals surface area contributed by atoms with Crippen molar-refractivity contribution >= 4 is 17.8 Å². The maximum absolute atomic E-state index is 13.1. The molecular weight excluding hydrogens is 432 g/mol. The number of carboxylic acid groups (broad SMARTS) is 1. The van der Waals surface area contributed by atoms with Crippen molar-refractivity contribution in [2.75, 3.05) is 7.05 Å². The van der Waals surface area contributed by atoms with Crippen molar-refractivity contribution in [3.05, 3.63) is 72.5 Å². The summed E-state index contributed by atoms with van der Waals surface area (Å²) >= 11 is 0. The summed E-state index contributed by atoms with van der Waals surface area (Å²) in [6.45, 7) is 5.47. The molecule has 34 heavy (non-hydrogen) atoms. The predicted octanol–water partition coefficient (Wildman–Crippen LogP) is 4.45. The molecule has 3 N–H and O–H groups in total. The van der Waals surface area contributed by atoms with Crippen molar-refractivity contribution in [1.29, 1.82) is 0 Å². The summed E-state index contributed by atoms with van der Waals surface area (Å²) in [5, 5.41) is 14.7. The first-order valence-corrected chi connectivity index (χ1v) is 11.1. The van der Waals surface area contributed by atoms with E-state index < -0.39 is 35.7 Å². The second-order valence-electron chi connectivity index (χ2n) is 9.22. The number of carbonyl (C=O) groups is 3. The fraction of sp³-hybridized carbons (Fsp3) is 0.296. The number of rotatable bonds is 8. The first kappa shape index (κ1) is 24.8. The Balaban J connectivity index is 1.84. The molecule has 2 atom stereocenters. The van der Waals surface area contributed by atoms with E-state index in [0.717, 1.165) is 16.7 Å². The van der Waals surface area contributed by atoms with Crippen LogP contribution in [0.4, 0.5) is 0 Å². The summed E-state index contributed by atoms with van der Waals surface area (Å²) in [6, 6.07) is 20.2. The fourth-order valence-corrected chi connectivity index (χ4v) is 3.71. The first-order chi connectivity index (χ1) is 16.1. The van der Waals surface area contributed by atoms with Crippen LogP contribution in [0.3, 0.4) is 0 Å². The molecule has 0 aliphatic carbocycles. The molecule has 0 saturated carbocycles. The van der Waals surface area contributed by atoms with Gasteiger partial charge in [0.2, 0.25) is 11.8 Å². The summed E-state index contributed by atoms with van der Waals surface area (Å²) in [6.07, 6.45) is -0.462. The van der Waals surface area contributed by atoms with Crippen molar-refractivity contribution in [1.82, 2.24) is 10.6 Å². The van der Waals surface area contributed by atoms with Gasteiger partial charge in [0, 0.05) is 12.6 Å². The molecule has 0 aliphatic rings. The number of hydrogen-bond donors (Lipinski definition) is 3. The molecule has 7 heteroatoms. The lowest BCUT2D eigenvalue weighted by molar-refractivity contribution is -0.140. The minimum atomic E-state index is -1.14. The molecule has 3 aromatic rings. The van der Waals surface area contributed by atoms with Gasteiger partial charge in [-0.05, 0) is 28.7 Å². The van der Waals surface area contributed by atoms with Crippen LogP contribution in [-0.4, -0.2) is 36.0 Å². The largest absolute Gasteiger partial charge is 0.481 e. The van der Waals surface area contributed by atoms with Gasteiger partial charge in [-0.15, -0.1) is 0 Å². The van der Waals surface area contributed by atoms with Gasteiger partial charge in [0.15, 0.2) is 0 Å². The van der Waals surface area contributed by atoms with Gasteiger partial charge < -0.3 is 20.2 Å². The van der Waals surface area contributed by atoms with E-state index in [9.17, 15) is 19.5 Å². The van der Waals surface area contributed by atoms with E-state index in [1.165, 1.54) is 7.05 Å². The first-order valence-electron chi connectivity index (χ1n) is 11.1. The fourth-order valence-electron chi connectivity index (χ4n) is 3.71. The smallest absolute Gasteiger partial charge is 0.304 e. The highest BCUT2D eigenvalue weighted by molar-refractivity contribution is 5.92. The monoisotopic (exact) mass is 462 g/mol. The predicted molar refractivity (Wildman–Crippen MR) is 130 cm³/mol. The maximum Gasteiger partial charge on any atom is 0.304 e. The van der Waals surface area contributed by atoms with Crippen LogP contribution >= 0.6 is 0 Å². The molecule has 7 nitrogen and oxygen atoms in total. The molecule has 0 bridgehead atoms. The van der Waals surface area contributed by atoms with Crippen LogP contribution in [0.15, 0.2) is 71.1 Å². The lowest BCUT2D eigenvalue weighted by Gasteiger charge is -2.30. The molecule has 3 rings (SSSR count). The number of benzene rings is 2. The van der Waals surface area contributed by atoms with Gasteiger partial charge in [-0.1, -0.05) is 75.4 Å². The van der Waals surface area contributed by atoms with E-state index in [2.05, 4.69) is 10.6 Å². The molecule has 0 saturated heterocycles. The molecule has 0 spiro atoms. The number of carbonyl (C=O) groups excluding carboxylic acids is 2. The molecule has 1 heterocycles. The van der Waals surface area contributed by atoms with Gasteiger partial charge in [0.25, 0.3) is 0 Å². The Kier molecular flexibility index (Phi) is 7.56. The Morgan fingerprint density at radius 2 is 1.44 bits per heavy atom. The number of amides is 2. The number of carboxylic acids is 1. The molecule has 0 radical (unpaired) electrons. The Morgan fingerprint density at radius 3 is 2.00 bits per heavy atom. The third kappa shape index (κ3) is 5.92. The molecule has 0 fully saturated rings. The Labute approximate surface area is 199 Å². The van der Waals surface area contributed by atoms with Crippen molar-refractivity contribution in [3.63, 3.8) is 0 Å². The minimum absolute atomic E-state index is 0.228. The van der Waals surface area contributed by atoms with E-state index >= 15 is 0 Å². The van der Waals surface area contributed by atoms with E-state index in [1.54, 1.807) is 12.1 Å². The Hall–Kier alpha value is -3.87. The van der Waals surface area contributed by atoms with Gasteiger partial charge in [0.1, 0.15) is 23.5 Å². The topological polar surface area (TPSA) is 109 Å². The summed E-state index contributed by atoms with van der Waals surface area (Å²) in [7, 11) is 1.49. The van der Waals surface area contributed by atoms with Crippen molar-refractivity contribution in [2.24, 2.45) is 5.41 Å². The summed E-state index contributed by atoms with van der Waals surface area (Å²) in [5.41, 5.74) is 2.38. The Bertz CT molecular complexity index is 1140. The molecule has 0 aliphatic heterocycles. The van der Waals surface area contributed by atoms with Gasteiger partial charge >= 0.3 is 5.97 Å². The molecule has 1 aromatic heterocycles. The number of likely N-dealkylation sites (N-methyl/N-ethyl adjacent to an activating group) is 1. The van der Waals surface area contributed by atoms with Crippen LogP contribution in [-0.2, 0) is 14.4 Å².